The Kier molecular flexibility index (Phi) is 7.25. The van der Waals surface area contributed by atoms with Crippen LogP contribution in [0.3, 0.4) is 0 Å². The Hall–Kier alpha value is -0.0800. The average Bonchev–Trinajstić information content (AvgIpc) is 2.12. The molecule has 0 amide bonds. The molecule has 0 aliphatic rings. The lowest BCUT2D eigenvalue weighted by Crippen LogP contribution is -2.47. The summed E-state index contributed by atoms with van der Waals surface area (Å²) in [6.45, 7) is 17.1. The zero-order valence-electron chi connectivity index (χ0n) is 12.4. The van der Waals surface area contributed by atoms with E-state index in [0.29, 0.717) is 11.5 Å². The fraction of sp³-hybridized carbons (Fsp3) is 1.00. The van der Waals surface area contributed by atoms with E-state index < -0.39 is 0 Å². The SMILES string of the molecule is CCNC(CN(C)CCC(C)C)C(C)(C)C. The Bertz CT molecular complexity index is 170. The molecule has 0 saturated carbocycles. The molecule has 0 aliphatic heterocycles. The van der Waals surface area contributed by atoms with Crippen LogP contribution >= 0.6 is 0 Å². The van der Waals surface area contributed by atoms with Gasteiger partial charge in [-0.2, -0.15) is 0 Å². The summed E-state index contributed by atoms with van der Waals surface area (Å²) >= 11 is 0. The van der Waals surface area contributed by atoms with Gasteiger partial charge in [0.05, 0.1) is 0 Å². The Labute approximate surface area is 103 Å². The summed E-state index contributed by atoms with van der Waals surface area (Å²) in [6.07, 6.45) is 1.29. The van der Waals surface area contributed by atoms with Crippen molar-refractivity contribution in [3.63, 3.8) is 0 Å². The second kappa shape index (κ2) is 7.29. The molecule has 0 heterocycles. The molecule has 2 nitrogen and oxygen atoms in total. The van der Waals surface area contributed by atoms with E-state index in [2.05, 4.69) is 58.8 Å². The van der Waals surface area contributed by atoms with Crippen LogP contribution in [0, 0.1) is 11.3 Å². The van der Waals surface area contributed by atoms with Gasteiger partial charge >= 0.3 is 0 Å². The molecule has 0 spiro atoms. The van der Waals surface area contributed by atoms with Crippen molar-refractivity contribution in [3.8, 4) is 0 Å². The van der Waals surface area contributed by atoms with Crippen LogP contribution in [0.1, 0.15) is 48.0 Å². The summed E-state index contributed by atoms with van der Waals surface area (Å²) in [6, 6.07) is 0.578. The quantitative estimate of drug-likeness (QED) is 0.720. The van der Waals surface area contributed by atoms with Gasteiger partial charge in [-0.15, -0.1) is 0 Å². The van der Waals surface area contributed by atoms with Gasteiger partial charge in [-0.25, -0.2) is 0 Å². The number of nitrogens with one attached hydrogen (secondary N) is 1. The smallest absolute Gasteiger partial charge is 0.0243 e. The molecule has 0 bridgehead atoms. The fourth-order valence-corrected chi connectivity index (χ4v) is 1.77. The highest BCUT2D eigenvalue weighted by molar-refractivity contribution is 4.82. The van der Waals surface area contributed by atoms with Crippen molar-refractivity contribution < 1.29 is 0 Å². The first-order valence-electron chi connectivity index (χ1n) is 6.69. The van der Waals surface area contributed by atoms with Crippen LogP contribution in [0.2, 0.25) is 0 Å². The van der Waals surface area contributed by atoms with E-state index >= 15 is 0 Å². The van der Waals surface area contributed by atoms with Crippen molar-refractivity contribution >= 4 is 0 Å². The Balaban J connectivity index is 4.08. The lowest BCUT2D eigenvalue weighted by atomic mass is 9.86. The predicted molar refractivity (Wildman–Crippen MR) is 73.9 cm³/mol. The van der Waals surface area contributed by atoms with Gasteiger partial charge in [-0.3, -0.25) is 0 Å². The summed E-state index contributed by atoms with van der Waals surface area (Å²) in [5.74, 6) is 0.801. The Morgan fingerprint density at radius 1 is 1.19 bits per heavy atom. The molecule has 0 aromatic heterocycles. The van der Waals surface area contributed by atoms with Crippen LogP contribution in [0.15, 0.2) is 0 Å². The molecule has 16 heavy (non-hydrogen) atoms. The van der Waals surface area contributed by atoms with E-state index in [4.69, 9.17) is 0 Å². The first kappa shape index (κ1) is 15.9. The largest absolute Gasteiger partial charge is 0.312 e. The molecule has 2 heteroatoms. The summed E-state index contributed by atoms with van der Waals surface area (Å²) in [7, 11) is 2.23. The highest BCUT2D eigenvalue weighted by Crippen LogP contribution is 2.20. The molecular weight excluding hydrogens is 196 g/mol. The first-order chi connectivity index (χ1) is 7.27. The van der Waals surface area contributed by atoms with Crippen LogP contribution in [0.25, 0.3) is 0 Å². The van der Waals surface area contributed by atoms with Gasteiger partial charge in [0.2, 0.25) is 0 Å². The summed E-state index contributed by atoms with van der Waals surface area (Å²) in [5, 5.41) is 3.60. The molecule has 0 aromatic rings. The third kappa shape index (κ3) is 7.24. The van der Waals surface area contributed by atoms with Crippen molar-refractivity contribution in [2.24, 2.45) is 11.3 Å². The summed E-state index contributed by atoms with van der Waals surface area (Å²) in [5.41, 5.74) is 0.335. The minimum Gasteiger partial charge on any atom is -0.312 e. The van der Waals surface area contributed by atoms with Crippen LogP contribution < -0.4 is 5.32 Å². The van der Waals surface area contributed by atoms with Gasteiger partial charge in [0.15, 0.2) is 0 Å². The lowest BCUT2D eigenvalue weighted by Gasteiger charge is -2.34. The standard InChI is InChI=1S/C14H32N2/c1-8-15-13(14(4,5)6)11-16(7)10-9-12(2)3/h12-13,15H,8-11H2,1-7H3. The van der Waals surface area contributed by atoms with E-state index in [9.17, 15) is 0 Å². The normalized spacial score (nSPS) is 14.8. The van der Waals surface area contributed by atoms with Gasteiger partial charge in [-0.1, -0.05) is 41.5 Å². The number of likely N-dealkylation sites (N-methyl/N-ethyl adjacent to an activating group) is 2. The minimum absolute atomic E-state index is 0.335. The Morgan fingerprint density at radius 3 is 2.12 bits per heavy atom. The number of rotatable bonds is 7. The van der Waals surface area contributed by atoms with Crippen LogP contribution in [0.5, 0.6) is 0 Å². The maximum Gasteiger partial charge on any atom is 0.0243 e. The lowest BCUT2D eigenvalue weighted by molar-refractivity contribution is 0.191. The average molecular weight is 228 g/mol. The molecule has 1 N–H and O–H groups in total. The van der Waals surface area contributed by atoms with Crippen LogP contribution in [-0.4, -0.2) is 37.6 Å². The zero-order valence-corrected chi connectivity index (χ0v) is 12.4. The van der Waals surface area contributed by atoms with E-state index in [-0.39, 0.29) is 0 Å². The third-order valence-electron chi connectivity index (χ3n) is 3.08. The van der Waals surface area contributed by atoms with Gasteiger partial charge in [0.1, 0.15) is 0 Å². The molecule has 98 valence electrons. The molecule has 0 aliphatic carbocycles. The van der Waals surface area contributed by atoms with Gasteiger partial charge in [0, 0.05) is 12.6 Å². The van der Waals surface area contributed by atoms with E-state index in [1.165, 1.54) is 13.0 Å². The van der Waals surface area contributed by atoms with Gasteiger partial charge in [0.25, 0.3) is 0 Å². The molecular formula is C14H32N2. The number of hydrogen-bond donors (Lipinski definition) is 1. The predicted octanol–water partition coefficient (Wildman–Crippen LogP) is 2.99. The maximum atomic E-state index is 3.60. The maximum absolute atomic E-state index is 3.60. The van der Waals surface area contributed by atoms with Gasteiger partial charge in [-0.05, 0) is 37.9 Å². The highest BCUT2D eigenvalue weighted by Gasteiger charge is 2.24. The number of nitrogens with zero attached hydrogens (tertiary/aromatic N) is 1. The summed E-state index contributed by atoms with van der Waals surface area (Å²) < 4.78 is 0. The minimum atomic E-state index is 0.335. The van der Waals surface area contributed by atoms with Crippen molar-refractivity contribution in [1.82, 2.24) is 10.2 Å². The van der Waals surface area contributed by atoms with Gasteiger partial charge < -0.3 is 10.2 Å². The fourth-order valence-electron chi connectivity index (χ4n) is 1.77. The molecule has 0 rings (SSSR count). The zero-order chi connectivity index (χ0) is 12.8. The van der Waals surface area contributed by atoms with Crippen LogP contribution in [0.4, 0.5) is 0 Å². The molecule has 1 atom stereocenters. The Morgan fingerprint density at radius 2 is 1.75 bits per heavy atom. The van der Waals surface area contributed by atoms with Crippen molar-refractivity contribution in [2.45, 2.75) is 54.0 Å². The van der Waals surface area contributed by atoms with Crippen LogP contribution in [-0.2, 0) is 0 Å². The van der Waals surface area contributed by atoms with Crippen molar-refractivity contribution in [1.29, 1.82) is 0 Å². The molecule has 0 fully saturated rings. The second-order valence-corrected chi connectivity index (χ2v) is 6.42. The van der Waals surface area contributed by atoms with Crippen molar-refractivity contribution in [2.75, 3.05) is 26.7 Å². The number of hydrogen-bond acceptors (Lipinski definition) is 2. The third-order valence-corrected chi connectivity index (χ3v) is 3.08. The molecule has 0 radical (unpaired) electrons. The second-order valence-electron chi connectivity index (χ2n) is 6.42. The van der Waals surface area contributed by atoms with E-state index in [0.717, 1.165) is 19.0 Å². The van der Waals surface area contributed by atoms with E-state index in [1.54, 1.807) is 0 Å². The first-order valence-corrected chi connectivity index (χ1v) is 6.69. The monoisotopic (exact) mass is 228 g/mol. The summed E-state index contributed by atoms with van der Waals surface area (Å²) in [4.78, 5) is 2.46. The molecule has 0 aromatic carbocycles. The molecule has 1 unspecified atom stereocenters. The van der Waals surface area contributed by atoms with Crippen molar-refractivity contribution in [3.05, 3.63) is 0 Å². The molecule has 0 saturated heterocycles. The highest BCUT2D eigenvalue weighted by atomic mass is 15.1. The topological polar surface area (TPSA) is 15.3 Å². The van der Waals surface area contributed by atoms with E-state index in [1.807, 2.05) is 0 Å².